The first-order valence-corrected chi connectivity index (χ1v) is 8.19. The molecule has 2 aromatic rings. The summed E-state index contributed by atoms with van der Waals surface area (Å²) >= 11 is 0. The number of carbonyl (C=O) groups is 1. The monoisotopic (exact) mass is 346 g/mol. The van der Waals surface area contributed by atoms with E-state index in [1.807, 2.05) is 7.05 Å². The molecule has 1 aliphatic heterocycles. The van der Waals surface area contributed by atoms with Crippen molar-refractivity contribution in [3.8, 4) is 11.1 Å². The van der Waals surface area contributed by atoms with Gasteiger partial charge in [-0.15, -0.1) is 0 Å². The van der Waals surface area contributed by atoms with Gasteiger partial charge in [-0.3, -0.25) is 4.90 Å². The molecule has 0 aromatic heterocycles. The van der Waals surface area contributed by atoms with Gasteiger partial charge in [0.15, 0.2) is 11.6 Å². The number of halogens is 2. The summed E-state index contributed by atoms with van der Waals surface area (Å²) in [5.41, 5.74) is 1.50. The molecule has 1 fully saturated rings. The van der Waals surface area contributed by atoms with Crippen molar-refractivity contribution in [1.82, 2.24) is 4.90 Å². The second-order valence-corrected chi connectivity index (χ2v) is 6.46. The van der Waals surface area contributed by atoms with Gasteiger partial charge in [-0.1, -0.05) is 24.3 Å². The van der Waals surface area contributed by atoms with Crippen LogP contribution in [0.15, 0.2) is 42.5 Å². The predicted octanol–water partition coefficient (Wildman–Crippen LogP) is 4.07. The molecule has 132 valence electrons. The van der Waals surface area contributed by atoms with Crippen LogP contribution in [0.5, 0.6) is 0 Å². The van der Waals surface area contributed by atoms with Crippen LogP contribution in [-0.2, 0) is 0 Å². The Morgan fingerprint density at radius 3 is 2.64 bits per heavy atom. The molecule has 1 unspecified atom stereocenters. The zero-order chi connectivity index (χ0) is 18.0. The zero-order valence-corrected chi connectivity index (χ0v) is 14.0. The molecule has 1 aliphatic rings. The highest BCUT2D eigenvalue weighted by molar-refractivity contribution is 5.92. The van der Waals surface area contributed by atoms with Crippen LogP contribution in [0.1, 0.15) is 6.42 Å². The van der Waals surface area contributed by atoms with Crippen LogP contribution in [0.2, 0.25) is 0 Å². The van der Waals surface area contributed by atoms with Gasteiger partial charge in [0.05, 0.1) is 5.69 Å². The average molecular weight is 346 g/mol. The lowest BCUT2D eigenvalue weighted by Gasteiger charge is -2.25. The van der Waals surface area contributed by atoms with E-state index in [0.717, 1.165) is 31.6 Å². The SMILES string of the molecule is CN1CCC(CN(C(=O)O)c2ccccc2-c2ccc(F)c(F)c2)C1. The molecule has 3 rings (SSSR count). The minimum Gasteiger partial charge on any atom is -0.465 e. The van der Waals surface area contributed by atoms with Gasteiger partial charge in [0.25, 0.3) is 0 Å². The number of rotatable bonds is 4. The summed E-state index contributed by atoms with van der Waals surface area (Å²) in [5.74, 6) is -1.63. The van der Waals surface area contributed by atoms with Gasteiger partial charge in [0.1, 0.15) is 0 Å². The van der Waals surface area contributed by atoms with Crippen molar-refractivity contribution in [1.29, 1.82) is 0 Å². The first kappa shape index (κ1) is 17.4. The first-order chi connectivity index (χ1) is 12.0. The van der Waals surface area contributed by atoms with E-state index in [1.54, 1.807) is 24.3 Å². The van der Waals surface area contributed by atoms with Gasteiger partial charge < -0.3 is 10.0 Å². The maximum Gasteiger partial charge on any atom is 0.411 e. The van der Waals surface area contributed by atoms with E-state index in [0.29, 0.717) is 23.4 Å². The van der Waals surface area contributed by atoms with Crippen molar-refractivity contribution in [2.45, 2.75) is 6.42 Å². The topological polar surface area (TPSA) is 43.8 Å². The smallest absolute Gasteiger partial charge is 0.411 e. The second kappa shape index (κ2) is 7.19. The van der Waals surface area contributed by atoms with Gasteiger partial charge >= 0.3 is 6.09 Å². The molecule has 1 atom stereocenters. The molecule has 4 nitrogen and oxygen atoms in total. The molecule has 1 amide bonds. The maximum atomic E-state index is 13.6. The van der Waals surface area contributed by atoms with E-state index >= 15 is 0 Å². The number of nitrogens with zero attached hydrogens (tertiary/aromatic N) is 2. The largest absolute Gasteiger partial charge is 0.465 e. The van der Waals surface area contributed by atoms with Crippen LogP contribution in [-0.4, -0.2) is 42.8 Å². The van der Waals surface area contributed by atoms with Crippen LogP contribution in [0.3, 0.4) is 0 Å². The summed E-state index contributed by atoms with van der Waals surface area (Å²) < 4.78 is 26.8. The zero-order valence-electron chi connectivity index (χ0n) is 14.0. The third kappa shape index (κ3) is 3.79. The lowest BCUT2D eigenvalue weighted by atomic mass is 10.0. The van der Waals surface area contributed by atoms with E-state index in [2.05, 4.69) is 4.90 Å². The Kier molecular flexibility index (Phi) is 4.99. The second-order valence-electron chi connectivity index (χ2n) is 6.46. The molecule has 6 heteroatoms. The van der Waals surface area contributed by atoms with Crippen LogP contribution in [0.4, 0.5) is 19.3 Å². The molecule has 0 spiro atoms. The summed E-state index contributed by atoms with van der Waals surface area (Å²) in [6, 6.07) is 10.5. The molecule has 0 radical (unpaired) electrons. The van der Waals surface area contributed by atoms with Crippen molar-refractivity contribution in [2.75, 3.05) is 31.6 Å². The van der Waals surface area contributed by atoms with Gasteiger partial charge in [-0.05, 0) is 49.7 Å². The highest BCUT2D eigenvalue weighted by Gasteiger charge is 2.26. The van der Waals surface area contributed by atoms with E-state index in [9.17, 15) is 18.7 Å². The molecule has 0 aliphatic carbocycles. The Bertz CT molecular complexity index is 782. The highest BCUT2D eigenvalue weighted by Crippen LogP contribution is 2.33. The molecule has 2 aromatic carbocycles. The number of para-hydroxylation sites is 1. The predicted molar refractivity (Wildman–Crippen MR) is 92.8 cm³/mol. The van der Waals surface area contributed by atoms with E-state index in [4.69, 9.17) is 0 Å². The number of amides is 1. The Labute approximate surface area is 145 Å². The quantitative estimate of drug-likeness (QED) is 0.908. The minimum atomic E-state index is -1.05. The molecule has 0 saturated carbocycles. The number of hydrogen-bond acceptors (Lipinski definition) is 2. The van der Waals surface area contributed by atoms with Crippen LogP contribution < -0.4 is 4.90 Å². The third-order valence-electron chi connectivity index (χ3n) is 4.59. The molecule has 25 heavy (non-hydrogen) atoms. The maximum absolute atomic E-state index is 13.6. The van der Waals surface area contributed by atoms with Gasteiger partial charge in [0, 0.05) is 18.7 Å². The average Bonchev–Trinajstić information content (AvgIpc) is 3.00. The Balaban J connectivity index is 1.96. The number of likely N-dealkylation sites (tertiary alicyclic amines) is 1. The van der Waals surface area contributed by atoms with Crippen LogP contribution >= 0.6 is 0 Å². The van der Waals surface area contributed by atoms with Gasteiger partial charge in [-0.2, -0.15) is 0 Å². The highest BCUT2D eigenvalue weighted by atomic mass is 19.2. The van der Waals surface area contributed by atoms with Crippen LogP contribution in [0.25, 0.3) is 11.1 Å². The lowest BCUT2D eigenvalue weighted by molar-refractivity contribution is 0.200. The molecule has 1 N–H and O–H groups in total. The third-order valence-corrected chi connectivity index (χ3v) is 4.59. The van der Waals surface area contributed by atoms with Crippen molar-refractivity contribution in [3.05, 3.63) is 54.1 Å². The molecule has 0 bridgehead atoms. The van der Waals surface area contributed by atoms with E-state index < -0.39 is 17.7 Å². The molecule has 1 heterocycles. The number of anilines is 1. The number of carboxylic acid groups (broad SMARTS) is 1. The fourth-order valence-electron chi connectivity index (χ4n) is 3.33. The summed E-state index contributed by atoms with van der Waals surface area (Å²) in [7, 11) is 2.01. The number of hydrogen-bond donors (Lipinski definition) is 1. The summed E-state index contributed by atoms with van der Waals surface area (Å²) in [5, 5.41) is 9.70. The molecule has 1 saturated heterocycles. The summed E-state index contributed by atoms with van der Waals surface area (Å²) in [6.45, 7) is 2.17. The molecular weight excluding hydrogens is 326 g/mol. The van der Waals surface area contributed by atoms with Crippen molar-refractivity contribution < 1.29 is 18.7 Å². The Hall–Kier alpha value is -2.47. The standard InChI is InChI=1S/C19H20F2N2O2/c1-22-9-8-13(11-22)12-23(19(24)25)18-5-3-2-4-15(18)14-6-7-16(20)17(21)10-14/h2-7,10,13H,8-9,11-12H2,1H3,(H,24,25). The lowest BCUT2D eigenvalue weighted by Crippen LogP contribution is -2.35. The van der Waals surface area contributed by atoms with E-state index in [-0.39, 0.29) is 5.92 Å². The van der Waals surface area contributed by atoms with Crippen molar-refractivity contribution in [2.24, 2.45) is 5.92 Å². The van der Waals surface area contributed by atoms with Crippen molar-refractivity contribution in [3.63, 3.8) is 0 Å². The normalized spacial score (nSPS) is 17.6. The Morgan fingerprint density at radius 1 is 1.24 bits per heavy atom. The summed E-state index contributed by atoms with van der Waals surface area (Å²) in [6.07, 6.45) is -0.113. The molecular formula is C19H20F2N2O2. The van der Waals surface area contributed by atoms with Gasteiger partial charge in [0.2, 0.25) is 0 Å². The van der Waals surface area contributed by atoms with E-state index in [1.165, 1.54) is 11.0 Å². The fraction of sp³-hybridized carbons (Fsp3) is 0.316. The van der Waals surface area contributed by atoms with Crippen molar-refractivity contribution >= 4 is 11.8 Å². The van der Waals surface area contributed by atoms with Crippen LogP contribution in [0, 0.1) is 17.6 Å². The number of benzene rings is 2. The fourth-order valence-corrected chi connectivity index (χ4v) is 3.33. The Morgan fingerprint density at radius 2 is 2.00 bits per heavy atom. The summed E-state index contributed by atoms with van der Waals surface area (Å²) in [4.78, 5) is 15.3. The first-order valence-electron chi connectivity index (χ1n) is 8.19. The minimum absolute atomic E-state index is 0.249. The van der Waals surface area contributed by atoms with Gasteiger partial charge in [-0.25, -0.2) is 13.6 Å².